The maximum atomic E-state index is 12.3. The van der Waals surface area contributed by atoms with Crippen molar-refractivity contribution in [3.63, 3.8) is 0 Å². The Hall–Kier alpha value is -2.95. The van der Waals surface area contributed by atoms with E-state index in [-0.39, 0.29) is 5.69 Å². The van der Waals surface area contributed by atoms with Crippen LogP contribution in [0.15, 0.2) is 54.6 Å². The summed E-state index contributed by atoms with van der Waals surface area (Å²) < 4.78 is 6.97. The molecule has 0 aliphatic rings. The lowest BCUT2D eigenvalue weighted by Gasteiger charge is -2.05. The highest BCUT2D eigenvalue weighted by atomic mass is 16.5. The predicted octanol–water partition coefficient (Wildman–Crippen LogP) is 3.10. The second-order valence-corrected chi connectivity index (χ2v) is 4.98. The number of rotatable bonds is 3. The van der Waals surface area contributed by atoms with Crippen LogP contribution in [0.25, 0.3) is 5.69 Å². The summed E-state index contributed by atoms with van der Waals surface area (Å²) in [5.41, 5.74) is 2.73. The third-order valence-corrected chi connectivity index (χ3v) is 3.29. The van der Waals surface area contributed by atoms with Crippen LogP contribution in [0.2, 0.25) is 0 Å². The Labute approximate surface area is 128 Å². The molecular weight excluding hydrogens is 278 g/mol. The van der Waals surface area contributed by atoms with E-state index < -0.39 is 5.97 Å². The summed E-state index contributed by atoms with van der Waals surface area (Å²) in [5.74, 6) is -0.0102. The van der Waals surface area contributed by atoms with E-state index in [0.717, 1.165) is 11.3 Å². The number of hydrogen-bond donors (Lipinski definition) is 0. The molecule has 0 spiro atoms. The minimum absolute atomic E-state index is 0.213. The van der Waals surface area contributed by atoms with E-state index in [9.17, 15) is 4.79 Å². The highest BCUT2D eigenvalue weighted by molar-refractivity contribution is 5.90. The van der Waals surface area contributed by atoms with Crippen molar-refractivity contribution < 1.29 is 9.53 Å². The Morgan fingerprint density at radius 2 is 1.82 bits per heavy atom. The van der Waals surface area contributed by atoms with Crippen LogP contribution in [0, 0.1) is 13.8 Å². The molecule has 0 saturated heterocycles. The van der Waals surface area contributed by atoms with Crippen molar-refractivity contribution in [1.29, 1.82) is 0 Å². The van der Waals surface area contributed by atoms with Crippen molar-refractivity contribution in [3.8, 4) is 11.4 Å². The topological polar surface area (TPSA) is 57.0 Å². The van der Waals surface area contributed by atoms with E-state index in [1.54, 1.807) is 23.7 Å². The lowest BCUT2D eigenvalue weighted by atomic mass is 10.2. The number of nitrogens with zero attached hydrogens (tertiary/aromatic N) is 3. The number of ether oxygens (including phenoxy) is 1. The fourth-order valence-electron chi connectivity index (χ4n) is 2.17. The van der Waals surface area contributed by atoms with Gasteiger partial charge in [0.1, 0.15) is 5.75 Å². The van der Waals surface area contributed by atoms with Crippen molar-refractivity contribution in [2.75, 3.05) is 0 Å². The van der Waals surface area contributed by atoms with Gasteiger partial charge in [0.15, 0.2) is 5.69 Å². The molecule has 110 valence electrons. The number of esters is 1. The van der Waals surface area contributed by atoms with Crippen LogP contribution >= 0.6 is 0 Å². The summed E-state index contributed by atoms with van der Waals surface area (Å²) in [6.07, 6.45) is 0. The Bertz CT molecular complexity index is 810. The molecular formula is C17H15N3O2. The Kier molecular flexibility index (Phi) is 3.70. The summed E-state index contributed by atoms with van der Waals surface area (Å²) in [7, 11) is 0. The van der Waals surface area contributed by atoms with Gasteiger partial charge in [-0.2, -0.15) is 0 Å². The summed E-state index contributed by atoms with van der Waals surface area (Å²) in [6.45, 7) is 3.73. The quantitative estimate of drug-likeness (QED) is 0.550. The van der Waals surface area contributed by atoms with Crippen LogP contribution in [0.3, 0.4) is 0 Å². The fraction of sp³-hybridized carbons (Fsp3) is 0.118. The first-order valence-corrected chi connectivity index (χ1v) is 6.92. The zero-order chi connectivity index (χ0) is 15.5. The highest BCUT2D eigenvalue weighted by Gasteiger charge is 2.19. The molecule has 0 saturated carbocycles. The summed E-state index contributed by atoms with van der Waals surface area (Å²) >= 11 is 0. The van der Waals surface area contributed by atoms with Crippen LogP contribution in [-0.4, -0.2) is 21.0 Å². The van der Waals surface area contributed by atoms with Crippen LogP contribution in [0.1, 0.15) is 21.7 Å². The molecule has 0 atom stereocenters. The first-order chi connectivity index (χ1) is 10.6. The number of hydrogen-bond acceptors (Lipinski definition) is 4. The van der Waals surface area contributed by atoms with E-state index in [2.05, 4.69) is 10.3 Å². The first kappa shape index (κ1) is 14.0. The summed E-state index contributed by atoms with van der Waals surface area (Å²) in [5, 5.41) is 7.98. The van der Waals surface area contributed by atoms with Gasteiger partial charge in [0, 0.05) is 0 Å². The van der Waals surface area contributed by atoms with Crippen molar-refractivity contribution in [3.05, 3.63) is 71.5 Å². The molecule has 1 heterocycles. The van der Waals surface area contributed by atoms with Gasteiger partial charge in [-0.1, -0.05) is 35.5 Å². The molecule has 5 heteroatoms. The molecule has 1 aromatic heterocycles. The van der Waals surface area contributed by atoms with Crippen molar-refractivity contribution in [2.45, 2.75) is 13.8 Å². The van der Waals surface area contributed by atoms with Gasteiger partial charge in [-0.15, -0.1) is 5.10 Å². The Morgan fingerprint density at radius 1 is 1.05 bits per heavy atom. The molecule has 0 amide bonds. The predicted molar refractivity (Wildman–Crippen MR) is 82.2 cm³/mol. The average molecular weight is 293 g/mol. The van der Waals surface area contributed by atoms with E-state index >= 15 is 0 Å². The third-order valence-electron chi connectivity index (χ3n) is 3.29. The molecule has 0 fully saturated rings. The van der Waals surface area contributed by atoms with Crippen molar-refractivity contribution in [2.24, 2.45) is 0 Å². The molecule has 5 nitrogen and oxygen atoms in total. The average Bonchev–Trinajstić information content (AvgIpc) is 2.90. The van der Waals surface area contributed by atoms with E-state index in [1.165, 1.54) is 0 Å². The monoisotopic (exact) mass is 293 g/mol. The third kappa shape index (κ3) is 2.74. The van der Waals surface area contributed by atoms with Crippen LogP contribution in [0.4, 0.5) is 0 Å². The zero-order valence-electron chi connectivity index (χ0n) is 12.4. The Balaban J connectivity index is 1.87. The van der Waals surface area contributed by atoms with Crippen LogP contribution < -0.4 is 4.74 Å². The zero-order valence-corrected chi connectivity index (χ0v) is 12.4. The lowest BCUT2D eigenvalue weighted by Crippen LogP contribution is -2.11. The van der Waals surface area contributed by atoms with Crippen LogP contribution in [0.5, 0.6) is 5.75 Å². The molecule has 2 aromatic carbocycles. The van der Waals surface area contributed by atoms with Gasteiger partial charge >= 0.3 is 5.97 Å². The number of aromatic nitrogens is 3. The molecule has 0 aliphatic carbocycles. The molecule has 22 heavy (non-hydrogen) atoms. The molecule has 0 radical (unpaired) electrons. The number of para-hydroxylation sites is 1. The van der Waals surface area contributed by atoms with E-state index in [0.29, 0.717) is 11.4 Å². The van der Waals surface area contributed by atoms with Crippen molar-refractivity contribution >= 4 is 5.97 Å². The SMILES string of the molecule is Cc1cccc(OC(=O)c2nnn(-c3ccccc3)c2C)c1. The number of carbonyl (C=O) groups is 1. The van der Waals surface area contributed by atoms with Gasteiger partial charge in [-0.25, -0.2) is 9.48 Å². The van der Waals surface area contributed by atoms with Crippen molar-refractivity contribution in [1.82, 2.24) is 15.0 Å². The first-order valence-electron chi connectivity index (χ1n) is 6.92. The smallest absolute Gasteiger partial charge is 0.366 e. The molecule has 0 bridgehead atoms. The minimum atomic E-state index is -0.509. The normalized spacial score (nSPS) is 10.5. The molecule has 3 aromatic rings. The molecule has 0 aliphatic heterocycles. The number of benzene rings is 2. The van der Waals surface area contributed by atoms with Gasteiger partial charge in [0.05, 0.1) is 11.4 Å². The van der Waals surface area contributed by atoms with Gasteiger partial charge in [0.25, 0.3) is 0 Å². The van der Waals surface area contributed by atoms with Gasteiger partial charge < -0.3 is 4.74 Å². The van der Waals surface area contributed by atoms with Gasteiger partial charge in [-0.3, -0.25) is 0 Å². The maximum absolute atomic E-state index is 12.3. The van der Waals surface area contributed by atoms with Gasteiger partial charge in [-0.05, 0) is 43.7 Å². The lowest BCUT2D eigenvalue weighted by molar-refractivity contribution is 0.0727. The van der Waals surface area contributed by atoms with Crippen LogP contribution in [-0.2, 0) is 0 Å². The maximum Gasteiger partial charge on any atom is 0.366 e. The fourth-order valence-corrected chi connectivity index (χ4v) is 2.17. The summed E-state index contributed by atoms with van der Waals surface area (Å²) in [6, 6.07) is 16.8. The van der Waals surface area contributed by atoms with Gasteiger partial charge in [0.2, 0.25) is 0 Å². The number of aryl methyl sites for hydroxylation is 1. The Morgan fingerprint density at radius 3 is 2.55 bits per heavy atom. The standard InChI is InChI=1S/C17H15N3O2/c1-12-7-6-10-15(11-12)22-17(21)16-13(2)20(19-18-16)14-8-4-3-5-9-14/h3-11H,1-2H3. The molecule has 0 unspecified atom stereocenters. The molecule has 0 N–H and O–H groups in total. The second-order valence-electron chi connectivity index (χ2n) is 4.98. The van der Waals surface area contributed by atoms with E-state index in [1.807, 2.05) is 49.4 Å². The van der Waals surface area contributed by atoms with E-state index in [4.69, 9.17) is 4.74 Å². The minimum Gasteiger partial charge on any atom is -0.422 e. The molecule has 3 rings (SSSR count). The summed E-state index contributed by atoms with van der Waals surface area (Å²) in [4.78, 5) is 12.3. The second kappa shape index (κ2) is 5.81. The number of carbonyl (C=O) groups excluding carboxylic acids is 1. The largest absolute Gasteiger partial charge is 0.422 e. The highest BCUT2D eigenvalue weighted by Crippen LogP contribution is 2.16.